The normalized spacial score (nSPS) is 12.7. The third kappa shape index (κ3) is 51.7. The Morgan fingerprint density at radius 2 is 0.758 bits per heavy atom. The van der Waals surface area contributed by atoms with E-state index in [9.17, 15) is 19.8 Å². The maximum atomic E-state index is 12.5. The Morgan fingerprint density at radius 1 is 0.424 bits per heavy atom. The van der Waals surface area contributed by atoms with Gasteiger partial charge in [0.1, 0.15) is 0 Å². The van der Waals surface area contributed by atoms with Crippen LogP contribution in [0.4, 0.5) is 0 Å². The summed E-state index contributed by atoms with van der Waals surface area (Å²) in [7, 11) is 0. The molecule has 0 aromatic rings. The average molecular weight is 931 g/mol. The Balaban J connectivity index is 3.47. The molecule has 0 aromatic heterocycles. The number of hydrogen-bond donors (Lipinski definition) is 3. The number of unbranched alkanes of at least 4 members (excludes halogenated alkanes) is 40. The molecule has 0 heterocycles. The summed E-state index contributed by atoms with van der Waals surface area (Å²) in [5.41, 5.74) is 0. The number of carbonyl (C=O) groups is 2. The molecule has 390 valence electrons. The molecule has 2 atom stereocenters. The van der Waals surface area contributed by atoms with Crippen LogP contribution in [-0.2, 0) is 14.3 Å². The van der Waals surface area contributed by atoms with Crippen LogP contribution in [-0.4, -0.2) is 47.4 Å². The molecule has 3 N–H and O–H groups in total. The Hall–Kier alpha value is -1.66. The zero-order chi connectivity index (χ0) is 47.9. The molecule has 0 aliphatic heterocycles. The number of esters is 1. The molecular formula is C60H115NO5. The summed E-state index contributed by atoms with van der Waals surface area (Å²) in [6.45, 7) is 4.93. The largest absolute Gasteiger partial charge is 0.466 e. The first-order valence-corrected chi connectivity index (χ1v) is 29.6. The smallest absolute Gasteiger partial charge is 0.305 e. The number of aliphatic hydroxyl groups excluding tert-OH is 2. The van der Waals surface area contributed by atoms with E-state index in [2.05, 4.69) is 43.5 Å². The first kappa shape index (κ1) is 64.3. The number of allylic oxidation sites excluding steroid dienone is 4. The van der Waals surface area contributed by atoms with Crippen LogP contribution in [0.25, 0.3) is 0 Å². The fourth-order valence-electron chi connectivity index (χ4n) is 9.20. The van der Waals surface area contributed by atoms with E-state index in [1.165, 1.54) is 205 Å². The second-order valence-corrected chi connectivity index (χ2v) is 20.3. The van der Waals surface area contributed by atoms with Gasteiger partial charge in [-0.2, -0.15) is 0 Å². The lowest BCUT2D eigenvalue weighted by molar-refractivity contribution is -0.143. The van der Waals surface area contributed by atoms with Gasteiger partial charge in [-0.25, -0.2) is 0 Å². The van der Waals surface area contributed by atoms with Gasteiger partial charge in [0.05, 0.1) is 25.4 Å². The quantitative estimate of drug-likeness (QED) is 0.0321. The molecule has 0 bridgehead atoms. The second-order valence-electron chi connectivity index (χ2n) is 20.3. The van der Waals surface area contributed by atoms with Gasteiger partial charge < -0.3 is 20.3 Å². The minimum Gasteiger partial charge on any atom is -0.466 e. The van der Waals surface area contributed by atoms with E-state index in [0.29, 0.717) is 25.9 Å². The van der Waals surface area contributed by atoms with Gasteiger partial charge in [-0.15, -0.1) is 0 Å². The highest BCUT2D eigenvalue weighted by molar-refractivity contribution is 5.76. The van der Waals surface area contributed by atoms with Crippen LogP contribution < -0.4 is 5.32 Å². The van der Waals surface area contributed by atoms with Crippen molar-refractivity contribution in [3.05, 3.63) is 24.3 Å². The van der Waals surface area contributed by atoms with Crippen molar-refractivity contribution in [2.24, 2.45) is 0 Å². The van der Waals surface area contributed by atoms with Gasteiger partial charge in [0.2, 0.25) is 5.91 Å². The molecule has 0 rings (SSSR count). The number of ether oxygens (including phenoxy) is 1. The lowest BCUT2D eigenvalue weighted by atomic mass is 10.0. The molecule has 6 nitrogen and oxygen atoms in total. The standard InChI is InChI=1S/C60H115NO5/c1-3-5-7-9-11-13-15-17-19-21-26-30-34-38-42-46-50-54-60(65)66-55-51-47-43-39-35-31-27-23-20-22-25-29-33-37-41-45-49-53-59(64)61-57(56-62)58(63)52-48-44-40-36-32-28-24-18-16-14-12-10-8-6-4-2/h20,23,31,35,57-58,62-63H,3-19,21-22,24-30,32-34,36-56H2,1-2H3,(H,61,64)/b23-20-,35-31-. The number of aliphatic hydroxyl groups is 2. The van der Waals surface area contributed by atoms with E-state index in [4.69, 9.17) is 4.74 Å². The predicted molar refractivity (Wildman–Crippen MR) is 287 cm³/mol. The van der Waals surface area contributed by atoms with Crippen molar-refractivity contribution in [3.63, 3.8) is 0 Å². The molecule has 0 fully saturated rings. The van der Waals surface area contributed by atoms with Crippen molar-refractivity contribution in [2.45, 2.75) is 334 Å². The van der Waals surface area contributed by atoms with Crippen LogP contribution in [0.15, 0.2) is 24.3 Å². The second kappa shape index (κ2) is 55.9. The van der Waals surface area contributed by atoms with Crippen LogP contribution in [0.5, 0.6) is 0 Å². The van der Waals surface area contributed by atoms with E-state index in [1.54, 1.807) is 0 Å². The summed E-state index contributed by atoms with van der Waals surface area (Å²) in [5, 5.41) is 23.3. The van der Waals surface area contributed by atoms with Crippen LogP contribution in [0.3, 0.4) is 0 Å². The maximum absolute atomic E-state index is 12.5. The van der Waals surface area contributed by atoms with Gasteiger partial charge in [-0.05, 0) is 64.2 Å². The summed E-state index contributed by atoms with van der Waals surface area (Å²) < 4.78 is 5.47. The highest BCUT2D eigenvalue weighted by Gasteiger charge is 2.20. The molecule has 66 heavy (non-hydrogen) atoms. The maximum Gasteiger partial charge on any atom is 0.305 e. The van der Waals surface area contributed by atoms with E-state index in [1.807, 2.05) is 0 Å². The number of carbonyl (C=O) groups excluding carboxylic acids is 2. The molecular weight excluding hydrogens is 815 g/mol. The van der Waals surface area contributed by atoms with E-state index in [-0.39, 0.29) is 18.5 Å². The van der Waals surface area contributed by atoms with Crippen molar-refractivity contribution in [1.82, 2.24) is 5.32 Å². The van der Waals surface area contributed by atoms with Crippen molar-refractivity contribution < 1.29 is 24.5 Å². The summed E-state index contributed by atoms with van der Waals surface area (Å²) >= 11 is 0. The summed E-state index contributed by atoms with van der Waals surface area (Å²) in [6, 6.07) is -0.553. The predicted octanol–water partition coefficient (Wildman–Crippen LogP) is 18.2. The average Bonchev–Trinajstić information content (AvgIpc) is 3.32. The fourth-order valence-corrected chi connectivity index (χ4v) is 9.20. The number of rotatable bonds is 55. The molecule has 0 spiro atoms. The van der Waals surface area contributed by atoms with Crippen LogP contribution in [0.1, 0.15) is 322 Å². The van der Waals surface area contributed by atoms with Gasteiger partial charge in [0.15, 0.2) is 0 Å². The Labute approximate surface area is 411 Å². The zero-order valence-electron chi connectivity index (χ0n) is 44.4. The summed E-state index contributed by atoms with van der Waals surface area (Å²) in [5.74, 6) is -0.0607. The van der Waals surface area contributed by atoms with Gasteiger partial charge in [-0.3, -0.25) is 9.59 Å². The minimum atomic E-state index is -0.674. The third-order valence-electron chi connectivity index (χ3n) is 13.8. The van der Waals surface area contributed by atoms with E-state index < -0.39 is 12.1 Å². The zero-order valence-corrected chi connectivity index (χ0v) is 44.4. The molecule has 2 unspecified atom stereocenters. The van der Waals surface area contributed by atoms with Crippen LogP contribution in [0.2, 0.25) is 0 Å². The molecule has 0 aliphatic carbocycles. The van der Waals surface area contributed by atoms with Gasteiger partial charge in [0, 0.05) is 12.8 Å². The monoisotopic (exact) mass is 930 g/mol. The summed E-state index contributed by atoms with van der Waals surface area (Å²) in [4.78, 5) is 24.5. The first-order chi connectivity index (χ1) is 32.5. The van der Waals surface area contributed by atoms with Crippen molar-refractivity contribution in [2.75, 3.05) is 13.2 Å². The molecule has 0 radical (unpaired) electrons. The van der Waals surface area contributed by atoms with Crippen LogP contribution in [0, 0.1) is 0 Å². The third-order valence-corrected chi connectivity index (χ3v) is 13.8. The molecule has 1 amide bonds. The highest BCUT2D eigenvalue weighted by Crippen LogP contribution is 2.17. The SMILES string of the molecule is CCCCCCCCCCCCCCCCCCCC(=O)OCCCCC/C=C\C/C=C\CCCCCCCCCC(=O)NC(CO)C(O)CCCCCCCCCCCCCCCCC. The fraction of sp³-hybridized carbons (Fsp3) is 0.900. The Morgan fingerprint density at radius 3 is 1.15 bits per heavy atom. The minimum absolute atomic E-state index is 0.0112. The van der Waals surface area contributed by atoms with E-state index in [0.717, 1.165) is 83.5 Å². The first-order valence-electron chi connectivity index (χ1n) is 29.6. The highest BCUT2D eigenvalue weighted by atomic mass is 16.5. The van der Waals surface area contributed by atoms with Crippen LogP contribution >= 0.6 is 0 Å². The van der Waals surface area contributed by atoms with Gasteiger partial charge in [-0.1, -0.05) is 269 Å². The number of hydrogen-bond acceptors (Lipinski definition) is 5. The van der Waals surface area contributed by atoms with Crippen molar-refractivity contribution in [1.29, 1.82) is 0 Å². The van der Waals surface area contributed by atoms with Gasteiger partial charge in [0.25, 0.3) is 0 Å². The topological polar surface area (TPSA) is 95.9 Å². The lowest BCUT2D eigenvalue weighted by Crippen LogP contribution is -2.45. The lowest BCUT2D eigenvalue weighted by Gasteiger charge is -2.22. The van der Waals surface area contributed by atoms with Crippen molar-refractivity contribution in [3.8, 4) is 0 Å². The van der Waals surface area contributed by atoms with E-state index >= 15 is 0 Å². The number of amides is 1. The molecule has 6 heteroatoms. The van der Waals surface area contributed by atoms with Gasteiger partial charge >= 0.3 is 5.97 Å². The van der Waals surface area contributed by atoms with Crippen molar-refractivity contribution >= 4 is 11.9 Å². The Bertz CT molecular complexity index is 1030. The molecule has 0 saturated heterocycles. The Kier molecular flexibility index (Phi) is 54.5. The summed E-state index contributed by atoms with van der Waals surface area (Å²) in [6.07, 6.45) is 67.4. The molecule has 0 saturated carbocycles. The molecule has 0 aliphatic rings. The molecule has 0 aromatic carbocycles. The number of nitrogens with one attached hydrogen (secondary N) is 1.